The Balaban J connectivity index is 3.21. The van der Waals surface area contributed by atoms with Gasteiger partial charge in [0.2, 0.25) is 0 Å². The van der Waals surface area contributed by atoms with Crippen molar-refractivity contribution in [2.75, 3.05) is 0 Å². The fraction of sp³-hybridized carbons (Fsp3) is 0.250. The van der Waals surface area contributed by atoms with E-state index < -0.39 is 34.4 Å². The molecule has 84 valence electrons. The third kappa shape index (κ3) is 2.51. The van der Waals surface area contributed by atoms with Crippen LogP contribution in [0.15, 0.2) is 12.1 Å². The van der Waals surface area contributed by atoms with Gasteiger partial charge in [-0.2, -0.15) is 13.2 Å². The van der Waals surface area contributed by atoms with E-state index in [2.05, 4.69) is 0 Å². The zero-order valence-electron chi connectivity index (χ0n) is 7.15. The molecule has 0 aliphatic rings. The van der Waals surface area contributed by atoms with Crippen molar-refractivity contribution >= 4 is 11.6 Å². The molecule has 0 unspecified atom stereocenters. The van der Waals surface area contributed by atoms with Crippen LogP contribution in [0.3, 0.4) is 0 Å². The van der Waals surface area contributed by atoms with E-state index in [0.29, 0.717) is 12.1 Å². The predicted octanol–water partition coefficient (Wildman–Crippen LogP) is 2.75. The molecule has 1 aromatic rings. The summed E-state index contributed by atoms with van der Waals surface area (Å²) in [5.74, 6) is -1.85. The molecule has 0 amide bonds. The van der Waals surface area contributed by atoms with E-state index in [1.807, 2.05) is 0 Å². The van der Waals surface area contributed by atoms with Gasteiger partial charge in [-0.3, -0.25) is 0 Å². The van der Waals surface area contributed by atoms with Gasteiger partial charge < -0.3 is 10.8 Å². The van der Waals surface area contributed by atoms with Gasteiger partial charge in [0.25, 0.3) is 0 Å². The largest absolute Gasteiger partial charge is 0.508 e. The van der Waals surface area contributed by atoms with E-state index in [1.165, 1.54) is 0 Å². The molecule has 0 aliphatic carbocycles. The molecule has 0 saturated heterocycles. The first kappa shape index (κ1) is 12.1. The van der Waals surface area contributed by atoms with E-state index >= 15 is 0 Å². The maximum Gasteiger partial charge on any atom is 0.407 e. The highest BCUT2D eigenvalue weighted by Crippen LogP contribution is 2.36. The van der Waals surface area contributed by atoms with Gasteiger partial charge in [-0.1, -0.05) is 11.6 Å². The molecule has 0 aromatic heterocycles. The SMILES string of the molecule is N[C@H](c1cc(F)c(Cl)cc1O)C(F)(F)F. The zero-order chi connectivity index (χ0) is 11.8. The van der Waals surface area contributed by atoms with Crippen LogP contribution in [-0.4, -0.2) is 11.3 Å². The molecule has 0 radical (unpaired) electrons. The molecule has 0 aliphatic heterocycles. The summed E-state index contributed by atoms with van der Waals surface area (Å²) in [5, 5.41) is 8.65. The smallest absolute Gasteiger partial charge is 0.407 e. The second-order valence-corrected chi connectivity index (χ2v) is 3.25. The second-order valence-electron chi connectivity index (χ2n) is 2.84. The molecule has 0 saturated carbocycles. The van der Waals surface area contributed by atoms with Gasteiger partial charge in [-0.15, -0.1) is 0 Å². The van der Waals surface area contributed by atoms with E-state index in [1.54, 1.807) is 0 Å². The first-order valence-electron chi connectivity index (χ1n) is 3.73. The molecule has 0 bridgehead atoms. The van der Waals surface area contributed by atoms with Crippen LogP contribution in [0.2, 0.25) is 5.02 Å². The van der Waals surface area contributed by atoms with Crippen LogP contribution < -0.4 is 5.73 Å². The van der Waals surface area contributed by atoms with Crippen LogP contribution in [-0.2, 0) is 0 Å². The Morgan fingerprint density at radius 3 is 2.33 bits per heavy atom. The number of rotatable bonds is 1. The van der Waals surface area contributed by atoms with E-state index in [9.17, 15) is 17.6 Å². The maximum absolute atomic E-state index is 12.8. The highest BCUT2D eigenvalue weighted by atomic mass is 35.5. The highest BCUT2D eigenvalue weighted by molar-refractivity contribution is 6.30. The van der Waals surface area contributed by atoms with Crippen molar-refractivity contribution < 1.29 is 22.7 Å². The van der Waals surface area contributed by atoms with Gasteiger partial charge in [0.05, 0.1) is 5.02 Å². The van der Waals surface area contributed by atoms with Crippen LogP contribution in [0.4, 0.5) is 17.6 Å². The van der Waals surface area contributed by atoms with Gasteiger partial charge in [-0.05, 0) is 6.07 Å². The van der Waals surface area contributed by atoms with Crippen LogP contribution in [0, 0.1) is 5.82 Å². The summed E-state index contributed by atoms with van der Waals surface area (Å²) in [6, 6.07) is -1.29. The molecule has 0 spiro atoms. The van der Waals surface area contributed by atoms with Crippen LogP contribution >= 0.6 is 11.6 Å². The van der Waals surface area contributed by atoms with Crippen LogP contribution in [0.5, 0.6) is 5.75 Å². The lowest BCUT2D eigenvalue weighted by Gasteiger charge is -2.17. The summed E-state index contributed by atoms with van der Waals surface area (Å²) in [6.45, 7) is 0. The number of hydrogen-bond acceptors (Lipinski definition) is 2. The summed E-state index contributed by atoms with van der Waals surface area (Å²) < 4.78 is 49.3. The highest BCUT2D eigenvalue weighted by Gasteiger charge is 2.39. The Bertz CT molecular complexity index is 380. The number of halogens is 5. The summed E-state index contributed by atoms with van der Waals surface area (Å²) in [5.41, 5.74) is 4.05. The quantitative estimate of drug-likeness (QED) is 0.745. The molecule has 1 aromatic carbocycles. The van der Waals surface area contributed by atoms with Gasteiger partial charge >= 0.3 is 6.18 Å². The van der Waals surface area contributed by atoms with Crippen molar-refractivity contribution in [2.24, 2.45) is 5.73 Å². The number of aromatic hydroxyl groups is 1. The lowest BCUT2D eigenvalue weighted by Crippen LogP contribution is -2.28. The monoisotopic (exact) mass is 243 g/mol. The zero-order valence-corrected chi connectivity index (χ0v) is 7.90. The molecule has 1 rings (SSSR count). The Labute approximate surface area is 87.3 Å². The molecule has 15 heavy (non-hydrogen) atoms. The van der Waals surface area contributed by atoms with E-state index in [4.69, 9.17) is 22.4 Å². The van der Waals surface area contributed by atoms with Gasteiger partial charge in [0.15, 0.2) is 0 Å². The summed E-state index contributed by atoms with van der Waals surface area (Å²) in [7, 11) is 0. The second kappa shape index (κ2) is 3.86. The average Bonchev–Trinajstić information content (AvgIpc) is 2.08. The fourth-order valence-electron chi connectivity index (χ4n) is 0.977. The molecular weight excluding hydrogens is 238 g/mol. The standard InChI is InChI=1S/C8H6ClF4NO/c9-4-2-6(15)3(1-5(4)10)7(14)8(11,12)13/h1-2,7,15H,14H2/t7-/m1/s1. The Hall–Kier alpha value is -1.01. The Kier molecular flexibility index (Phi) is 3.11. The van der Waals surface area contributed by atoms with Crippen LogP contribution in [0.1, 0.15) is 11.6 Å². The number of alkyl halides is 3. The van der Waals surface area contributed by atoms with Crippen molar-refractivity contribution in [3.63, 3.8) is 0 Å². The first-order chi connectivity index (χ1) is 6.73. The number of hydrogen-bond donors (Lipinski definition) is 2. The normalized spacial score (nSPS) is 14.0. The third-order valence-electron chi connectivity index (χ3n) is 1.76. The molecule has 3 N–H and O–H groups in total. The maximum atomic E-state index is 12.8. The lowest BCUT2D eigenvalue weighted by atomic mass is 10.1. The van der Waals surface area contributed by atoms with Crippen molar-refractivity contribution in [2.45, 2.75) is 12.2 Å². The van der Waals surface area contributed by atoms with Crippen LogP contribution in [0.25, 0.3) is 0 Å². The first-order valence-corrected chi connectivity index (χ1v) is 4.11. The minimum absolute atomic E-state index is 0.467. The lowest BCUT2D eigenvalue weighted by molar-refractivity contribution is -0.149. The number of benzene rings is 1. The number of nitrogens with two attached hydrogens (primary N) is 1. The molecular formula is C8H6ClF4NO. The topological polar surface area (TPSA) is 46.2 Å². The van der Waals surface area contributed by atoms with E-state index in [-0.39, 0.29) is 0 Å². The average molecular weight is 244 g/mol. The van der Waals surface area contributed by atoms with Crippen molar-refractivity contribution in [1.29, 1.82) is 0 Å². The molecule has 0 fully saturated rings. The molecule has 0 heterocycles. The van der Waals surface area contributed by atoms with E-state index in [0.717, 1.165) is 0 Å². The molecule has 1 atom stereocenters. The minimum Gasteiger partial charge on any atom is -0.508 e. The van der Waals surface area contributed by atoms with Crippen molar-refractivity contribution in [3.8, 4) is 5.75 Å². The van der Waals surface area contributed by atoms with Gasteiger partial charge in [-0.25, -0.2) is 4.39 Å². The molecule has 2 nitrogen and oxygen atoms in total. The predicted molar refractivity (Wildman–Crippen MR) is 46.1 cm³/mol. The Morgan fingerprint density at radius 1 is 1.33 bits per heavy atom. The summed E-state index contributed by atoms with van der Waals surface area (Å²) >= 11 is 5.25. The van der Waals surface area contributed by atoms with Gasteiger partial charge in [0.1, 0.15) is 17.6 Å². The number of phenolic OH excluding ortho intramolecular Hbond substituents is 1. The number of phenols is 1. The van der Waals surface area contributed by atoms with Crippen molar-refractivity contribution in [3.05, 3.63) is 28.5 Å². The van der Waals surface area contributed by atoms with Gasteiger partial charge in [0, 0.05) is 11.6 Å². The minimum atomic E-state index is -4.75. The third-order valence-corrected chi connectivity index (χ3v) is 2.05. The van der Waals surface area contributed by atoms with Crippen molar-refractivity contribution in [1.82, 2.24) is 0 Å². The summed E-state index contributed by atoms with van der Waals surface area (Å²) in [4.78, 5) is 0. The molecule has 7 heteroatoms. The summed E-state index contributed by atoms with van der Waals surface area (Å²) in [6.07, 6.45) is -4.75. The Morgan fingerprint density at radius 2 is 1.87 bits per heavy atom. The fourth-order valence-corrected chi connectivity index (χ4v) is 1.14.